The Balaban J connectivity index is 2.08. The molecular formula is C15H20ClN3. The van der Waals surface area contributed by atoms with Crippen molar-refractivity contribution in [1.82, 2.24) is 15.1 Å². The Morgan fingerprint density at radius 1 is 1.21 bits per heavy atom. The van der Waals surface area contributed by atoms with Gasteiger partial charge in [0.05, 0.1) is 5.69 Å². The minimum Gasteiger partial charge on any atom is -0.304 e. The van der Waals surface area contributed by atoms with Gasteiger partial charge in [-0.25, -0.2) is 0 Å². The van der Waals surface area contributed by atoms with Gasteiger partial charge >= 0.3 is 0 Å². The van der Waals surface area contributed by atoms with E-state index in [9.17, 15) is 0 Å². The molecule has 3 nitrogen and oxygen atoms in total. The molecule has 1 unspecified atom stereocenters. The molecule has 2 aromatic rings. The average molecular weight is 278 g/mol. The first-order valence-electron chi connectivity index (χ1n) is 6.53. The van der Waals surface area contributed by atoms with Crippen LogP contribution in [0.4, 0.5) is 0 Å². The minimum atomic E-state index is 0.312. The minimum absolute atomic E-state index is 0.312. The Morgan fingerprint density at radius 3 is 2.42 bits per heavy atom. The number of hydrogen-bond acceptors (Lipinski definition) is 2. The van der Waals surface area contributed by atoms with Gasteiger partial charge in [0.15, 0.2) is 0 Å². The van der Waals surface area contributed by atoms with E-state index >= 15 is 0 Å². The maximum atomic E-state index is 5.94. The number of nitrogens with zero attached hydrogens (tertiary/aromatic N) is 2. The summed E-state index contributed by atoms with van der Waals surface area (Å²) in [4.78, 5) is 0. The van der Waals surface area contributed by atoms with Gasteiger partial charge in [0.1, 0.15) is 0 Å². The molecule has 0 spiro atoms. The third-order valence-corrected chi connectivity index (χ3v) is 3.57. The van der Waals surface area contributed by atoms with Crippen molar-refractivity contribution < 1.29 is 0 Å². The zero-order valence-electron chi connectivity index (χ0n) is 11.6. The molecule has 0 bridgehead atoms. The van der Waals surface area contributed by atoms with Gasteiger partial charge in [0, 0.05) is 30.9 Å². The zero-order valence-corrected chi connectivity index (χ0v) is 12.4. The molecule has 0 aliphatic heterocycles. The van der Waals surface area contributed by atoms with Gasteiger partial charge in [0.2, 0.25) is 0 Å². The van der Waals surface area contributed by atoms with Crippen molar-refractivity contribution >= 4 is 11.6 Å². The van der Waals surface area contributed by atoms with Crippen molar-refractivity contribution in [2.45, 2.75) is 26.4 Å². The lowest BCUT2D eigenvalue weighted by Gasteiger charge is -2.23. The van der Waals surface area contributed by atoms with Gasteiger partial charge in [-0.2, -0.15) is 5.10 Å². The summed E-state index contributed by atoms with van der Waals surface area (Å²) in [5, 5.41) is 8.55. The van der Waals surface area contributed by atoms with Crippen LogP contribution in [0.25, 0.3) is 0 Å². The molecule has 4 heteroatoms. The first kappa shape index (κ1) is 14.1. The molecule has 1 N–H and O–H groups in total. The summed E-state index contributed by atoms with van der Waals surface area (Å²) in [5.41, 5.74) is 2.45. The number of hydrogen-bond donors (Lipinski definition) is 1. The lowest BCUT2D eigenvalue weighted by molar-refractivity contribution is 0.404. The second kappa shape index (κ2) is 6.22. The molecular weight excluding hydrogens is 258 g/mol. The summed E-state index contributed by atoms with van der Waals surface area (Å²) >= 11 is 5.94. The SMILES string of the molecule is CC(C)C(NCc1ccnn1C)c1ccc(Cl)cc1. The molecule has 0 aliphatic carbocycles. The number of aromatic nitrogens is 2. The molecule has 0 fully saturated rings. The lowest BCUT2D eigenvalue weighted by atomic mass is 9.96. The normalized spacial score (nSPS) is 12.9. The third-order valence-electron chi connectivity index (χ3n) is 3.32. The molecule has 0 saturated heterocycles. The molecule has 19 heavy (non-hydrogen) atoms. The van der Waals surface area contributed by atoms with Gasteiger partial charge in [0.25, 0.3) is 0 Å². The maximum Gasteiger partial charge on any atom is 0.0518 e. The number of halogens is 1. The fourth-order valence-corrected chi connectivity index (χ4v) is 2.32. The van der Waals surface area contributed by atoms with Gasteiger partial charge < -0.3 is 5.32 Å². The quantitative estimate of drug-likeness (QED) is 0.906. The highest BCUT2D eigenvalue weighted by Gasteiger charge is 2.15. The summed E-state index contributed by atoms with van der Waals surface area (Å²) in [6, 6.07) is 10.4. The van der Waals surface area contributed by atoms with Gasteiger partial charge in [-0.05, 0) is 29.7 Å². The predicted molar refractivity (Wildman–Crippen MR) is 79.1 cm³/mol. The Bertz CT molecular complexity index is 516. The van der Waals surface area contributed by atoms with E-state index in [-0.39, 0.29) is 0 Å². The smallest absolute Gasteiger partial charge is 0.0518 e. The monoisotopic (exact) mass is 277 g/mol. The Morgan fingerprint density at radius 2 is 1.89 bits per heavy atom. The summed E-state index contributed by atoms with van der Waals surface area (Å²) in [5.74, 6) is 0.509. The molecule has 2 rings (SSSR count). The van der Waals surface area contributed by atoms with E-state index in [1.165, 1.54) is 11.3 Å². The molecule has 0 amide bonds. The van der Waals surface area contributed by atoms with Gasteiger partial charge in [-0.3, -0.25) is 4.68 Å². The Kier molecular flexibility index (Phi) is 4.61. The molecule has 102 valence electrons. The van der Waals surface area contributed by atoms with Crippen LogP contribution in [0.15, 0.2) is 36.5 Å². The van der Waals surface area contributed by atoms with Crippen LogP contribution in [-0.2, 0) is 13.6 Å². The molecule has 0 saturated carbocycles. The number of nitrogens with one attached hydrogen (secondary N) is 1. The van der Waals surface area contributed by atoms with E-state index in [2.05, 4.69) is 36.4 Å². The first-order chi connectivity index (χ1) is 9.08. The van der Waals surface area contributed by atoms with Crippen LogP contribution in [0.1, 0.15) is 31.1 Å². The van der Waals surface area contributed by atoms with Gasteiger partial charge in [-0.15, -0.1) is 0 Å². The number of aryl methyl sites for hydroxylation is 1. The van der Waals surface area contributed by atoms with Gasteiger partial charge in [-0.1, -0.05) is 37.6 Å². The van der Waals surface area contributed by atoms with Crippen molar-refractivity contribution in [3.63, 3.8) is 0 Å². The molecule has 1 atom stereocenters. The number of rotatable bonds is 5. The maximum absolute atomic E-state index is 5.94. The van der Waals surface area contributed by atoms with E-state index < -0.39 is 0 Å². The molecule has 1 aromatic heterocycles. The summed E-state index contributed by atoms with van der Waals surface area (Å²) in [6.07, 6.45) is 1.82. The highest BCUT2D eigenvalue weighted by atomic mass is 35.5. The second-order valence-electron chi connectivity index (χ2n) is 5.10. The topological polar surface area (TPSA) is 29.9 Å². The second-order valence-corrected chi connectivity index (χ2v) is 5.54. The van der Waals surface area contributed by atoms with E-state index in [4.69, 9.17) is 11.6 Å². The van der Waals surface area contributed by atoms with Crippen LogP contribution in [-0.4, -0.2) is 9.78 Å². The highest BCUT2D eigenvalue weighted by molar-refractivity contribution is 6.30. The predicted octanol–water partition coefficient (Wildman–Crippen LogP) is 3.56. The van der Waals surface area contributed by atoms with Crippen LogP contribution >= 0.6 is 11.6 Å². The van der Waals surface area contributed by atoms with Crippen LogP contribution in [0.5, 0.6) is 0 Å². The molecule has 0 radical (unpaired) electrons. The molecule has 1 aromatic carbocycles. The summed E-state index contributed by atoms with van der Waals surface area (Å²) in [6.45, 7) is 5.24. The van der Waals surface area contributed by atoms with Crippen molar-refractivity contribution in [1.29, 1.82) is 0 Å². The molecule has 1 heterocycles. The highest BCUT2D eigenvalue weighted by Crippen LogP contribution is 2.23. The standard InChI is InChI=1S/C15H20ClN3/c1-11(2)15(12-4-6-13(16)7-5-12)17-10-14-8-9-18-19(14)3/h4-9,11,15,17H,10H2,1-3H3. The van der Waals surface area contributed by atoms with E-state index in [0.29, 0.717) is 12.0 Å². The third kappa shape index (κ3) is 3.58. The van der Waals surface area contributed by atoms with Crippen LogP contribution in [0.3, 0.4) is 0 Å². The van der Waals surface area contributed by atoms with Crippen LogP contribution in [0.2, 0.25) is 5.02 Å². The molecule has 0 aliphatic rings. The average Bonchev–Trinajstić information content (AvgIpc) is 2.77. The van der Waals surface area contributed by atoms with E-state index in [1.54, 1.807) is 0 Å². The fraction of sp³-hybridized carbons (Fsp3) is 0.400. The van der Waals surface area contributed by atoms with Crippen molar-refractivity contribution in [3.05, 3.63) is 52.8 Å². The summed E-state index contributed by atoms with van der Waals surface area (Å²) < 4.78 is 1.90. The first-order valence-corrected chi connectivity index (χ1v) is 6.91. The number of benzene rings is 1. The van der Waals surface area contributed by atoms with Crippen LogP contribution in [0, 0.1) is 5.92 Å². The van der Waals surface area contributed by atoms with Crippen molar-refractivity contribution in [2.24, 2.45) is 13.0 Å². The largest absolute Gasteiger partial charge is 0.304 e. The van der Waals surface area contributed by atoms with E-state index in [1.807, 2.05) is 36.1 Å². The summed E-state index contributed by atoms with van der Waals surface area (Å²) in [7, 11) is 1.96. The van der Waals surface area contributed by atoms with Crippen molar-refractivity contribution in [3.8, 4) is 0 Å². The van der Waals surface area contributed by atoms with Crippen molar-refractivity contribution in [2.75, 3.05) is 0 Å². The lowest BCUT2D eigenvalue weighted by Crippen LogP contribution is -2.26. The van der Waals surface area contributed by atoms with Crippen LogP contribution < -0.4 is 5.32 Å². The Labute approximate surface area is 119 Å². The Hall–Kier alpha value is -1.32. The van der Waals surface area contributed by atoms with E-state index in [0.717, 1.165) is 11.6 Å². The zero-order chi connectivity index (χ0) is 13.8. The fourth-order valence-electron chi connectivity index (χ4n) is 2.20.